The number of piperidine rings is 1. The van der Waals surface area contributed by atoms with Gasteiger partial charge in [-0.05, 0) is 60.5 Å². The van der Waals surface area contributed by atoms with Crippen LogP contribution in [0.4, 0.5) is 0 Å². The Kier molecular flexibility index (Phi) is 4.19. The zero-order valence-corrected chi connectivity index (χ0v) is 13.0. The van der Waals surface area contributed by atoms with Gasteiger partial charge in [-0.3, -0.25) is 0 Å². The Labute approximate surface area is 117 Å². The molecule has 0 spiro atoms. The predicted octanol–water partition coefficient (Wildman–Crippen LogP) is 4.12. The van der Waals surface area contributed by atoms with Crippen molar-refractivity contribution in [1.29, 1.82) is 0 Å². The molecule has 1 aromatic rings. The fourth-order valence-electron chi connectivity index (χ4n) is 2.95. The zero-order chi connectivity index (χ0) is 14.0. The molecule has 2 rings (SSSR count). The van der Waals surface area contributed by atoms with E-state index < -0.39 is 0 Å². The van der Waals surface area contributed by atoms with Crippen molar-refractivity contribution in [3.63, 3.8) is 0 Å². The van der Waals surface area contributed by atoms with E-state index in [0.29, 0.717) is 6.04 Å². The van der Waals surface area contributed by atoms with Gasteiger partial charge in [0.2, 0.25) is 0 Å². The maximum atomic E-state index is 5.57. The quantitative estimate of drug-likeness (QED) is 0.865. The molecular formula is C17H27NO. The third kappa shape index (κ3) is 3.11. The van der Waals surface area contributed by atoms with Crippen molar-refractivity contribution in [2.75, 3.05) is 13.7 Å². The van der Waals surface area contributed by atoms with Gasteiger partial charge in [-0.25, -0.2) is 0 Å². The lowest BCUT2D eigenvalue weighted by atomic mass is 9.82. The number of benzene rings is 1. The third-order valence-electron chi connectivity index (χ3n) is 4.08. The average Bonchev–Trinajstić information content (AvgIpc) is 2.38. The van der Waals surface area contributed by atoms with Crippen LogP contribution in [-0.4, -0.2) is 13.7 Å². The molecule has 1 aromatic carbocycles. The predicted molar refractivity (Wildman–Crippen MR) is 81.0 cm³/mol. The molecule has 2 heteroatoms. The minimum Gasteiger partial charge on any atom is -0.496 e. The van der Waals surface area contributed by atoms with Crippen LogP contribution in [0.25, 0.3) is 0 Å². The second-order valence-electron chi connectivity index (χ2n) is 6.66. The molecule has 106 valence electrons. The van der Waals surface area contributed by atoms with Gasteiger partial charge in [0.05, 0.1) is 7.11 Å². The van der Waals surface area contributed by atoms with Crippen molar-refractivity contribution in [3.05, 3.63) is 28.8 Å². The lowest BCUT2D eigenvalue weighted by Crippen LogP contribution is -2.28. The van der Waals surface area contributed by atoms with Crippen LogP contribution in [0.15, 0.2) is 12.1 Å². The van der Waals surface area contributed by atoms with Gasteiger partial charge in [0.25, 0.3) is 0 Å². The second kappa shape index (κ2) is 5.54. The minimum atomic E-state index is 0.114. The van der Waals surface area contributed by atoms with Gasteiger partial charge >= 0.3 is 0 Å². The van der Waals surface area contributed by atoms with Crippen LogP contribution in [0.2, 0.25) is 0 Å². The van der Waals surface area contributed by atoms with E-state index in [0.717, 1.165) is 12.3 Å². The highest BCUT2D eigenvalue weighted by molar-refractivity contribution is 5.46. The first kappa shape index (κ1) is 14.4. The molecule has 1 atom stereocenters. The summed E-state index contributed by atoms with van der Waals surface area (Å²) in [6.45, 7) is 10.1. The van der Waals surface area contributed by atoms with Gasteiger partial charge in [-0.2, -0.15) is 0 Å². The standard InChI is InChI=1S/C17H27NO/c1-12-10-16(19-5)14(17(2,3)4)11-13(12)15-8-6-7-9-18-15/h10-11,15,18H,6-9H2,1-5H3. The van der Waals surface area contributed by atoms with E-state index >= 15 is 0 Å². The zero-order valence-electron chi connectivity index (χ0n) is 13.0. The Balaban J connectivity index is 2.44. The monoisotopic (exact) mass is 261 g/mol. The summed E-state index contributed by atoms with van der Waals surface area (Å²) in [5, 5.41) is 3.65. The number of methoxy groups -OCH3 is 1. The van der Waals surface area contributed by atoms with Gasteiger partial charge in [0.1, 0.15) is 5.75 Å². The van der Waals surface area contributed by atoms with Crippen LogP contribution < -0.4 is 10.1 Å². The summed E-state index contributed by atoms with van der Waals surface area (Å²) in [4.78, 5) is 0. The molecule has 1 aliphatic rings. The number of aryl methyl sites for hydroxylation is 1. The van der Waals surface area contributed by atoms with Crippen LogP contribution >= 0.6 is 0 Å². The topological polar surface area (TPSA) is 21.3 Å². The SMILES string of the molecule is COc1cc(C)c(C2CCCCN2)cc1C(C)(C)C. The first-order valence-electron chi connectivity index (χ1n) is 7.36. The first-order chi connectivity index (χ1) is 8.93. The van der Waals surface area contributed by atoms with E-state index in [1.807, 2.05) is 0 Å². The summed E-state index contributed by atoms with van der Waals surface area (Å²) in [5.41, 5.74) is 4.21. The van der Waals surface area contributed by atoms with Gasteiger partial charge in [0, 0.05) is 6.04 Å². The summed E-state index contributed by atoms with van der Waals surface area (Å²) < 4.78 is 5.57. The van der Waals surface area contributed by atoms with Crippen molar-refractivity contribution in [2.24, 2.45) is 0 Å². The third-order valence-corrected chi connectivity index (χ3v) is 4.08. The van der Waals surface area contributed by atoms with E-state index in [9.17, 15) is 0 Å². The molecule has 0 saturated carbocycles. The van der Waals surface area contributed by atoms with Crippen molar-refractivity contribution in [1.82, 2.24) is 5.32 Å². The molecule has 0 radical (unpaired) electrons. The van der Waals surface area contributed by atoms with Gasteiger partial charge in [0.15, 0.2) is 0 Å². The number of hydrogen-bond donors (Lipinski definition) is 1. The molecule has 1 saturated heterocycles. The minimum absolute atomic E-state index is 0.114. The van der Waals surface area contributed by atoms with E-state index in [1.54, 1.807) is 7.11 Å². The normalized spacial score (nSPS) is 20.4. The Bertz CT molecular complexity index is 439. The smallest absolute Gasteiger partial charge is 0.122 e. The molecule has 19 heavy (non-hydrogen) atoms. The number of nitrogens with one attached hydrogen (secondary N) is 1. The second-order valence-corrected chi connectivity index (χ2v) is 6.66. The van der Waals surface area contributed by atoms with Crippen LogP contribution in [0, 0.1) is 6.92 Å². The molecule has 0 aromatic heterocycles. The molecule has 0 amide bonds. The molecule has 0 aliphatic carbocycles. The number of ether oxygens (including phenoxy) is 1. The fraction of sp³-hybridized carbons (Fsp3) is 0.647. The van der Waals surface area contributed by atoms with Crippen molar-refractivity contribution in [3.8, 4) is 5.75 Å². The van der Waals surface area contributed by atoms with Crippen LogP contribution in [-0.2, 0) is 5.41 Å². The van der Waals surface area contributed by atoms with Crippen LogP contribution in [0.1, 0.15) is 62.8 Å². The van der Waals surface area contributed by atoms with E-state index in [2.05, 4.69) is 45.1 Å². The largest absolute Gasteiger partial charge is 0.496 e. The highest BCUT2D eigenvalue weighted by Crippen LogP contribution is 2.36. The fourth-order valence-corrected chi connectivity index (χ4v) is 2.95. The maximum absolute atomic E-state index is 5.57. The Hall–Kier alpha value is -1.02. The maximum Gasteiger partial charge on any atom is 0.122 e. The molecule has 1 N–H and O–H groups in total. The number of rotatable bonds is 2. The first-order valence-corrected chi connectivity index (χ1v) is 7.36. The molecule has 1 unspecified atom stereocenters. The van der Waals surface area contributed by atoms with Gasteiger partial charge in [-0.15, -0.1) is 0 Å². The Morgan fingerprint density at radius 2 is 1.95 bits per heavy atom. The molecule has 2 nitrogen and oxygen atoms in total. The van der Waals surface area contributed by atoms with Gasteiger partial charge in [-0.1, -0.05) is 27.2 Å². The van der Waals surface area contributed by atoms with E-state index in [1.165, 1.54) is 36.0 Å². The molecular weight excluding hydrogens is 234 g/mol. The van der Waals surface area contributed by atoms with Gasteiger partial charge < -0.3 is 10.1 Å². The summed E-state index contributed by atoms with van der Waals surface area (Å²) in [6.07, 6.45) is 3.88. The van der Waals surface area contributed by atoms with Crippen molar-refractivity contribution < 1.29 is 4.74 Å². The van der Waals surface area contributed by atoms with Crippen LogP contribution in [0.3, 0.4) is 0 Å². The molecule has 1 fully saturated rings. The van der Waals surface area contributed by atoms with E-state index in [-0.39, 0.29) is 5.41 Å². The highest BCUT2D eigenvalue weighted by Gasteiger charge is 2.23. The summed E-state index contributed by atoms with van der Waals surface area (Å²) in [5.74, 6) is 1.02. The lowest BCUT2D eigenvalue weighted by Gasteiger charge is -2.29. The molecule has 1 aliphatic heterocycles. The summed E-state index contributed by atoms with van der Waals surface area (Å²) in [6, 6.07) is 5.07. The highest BCUT2D eigenvalue weighted by atomic mass is 16.5. The Morgan fingerprint density at radius 3 is 2.47 bits per heavy atom. The van der Waals surface area contributed by atoms with Crippen molar-refractivity contribution in [2.45, 2.75) is 58.4 Å². The molecule has 0 bridgehead atoms. The van der Waals surface area contributed by atoms with Crippen molar-refractivity contribution >= 4 is 0 Å². The Morgan fingerprint density at radius 1 is 1.21 bits per heavy atom. The molecule has 1 heterocycles. The van der Waals surface area contributed by atoms with E-state index in [4.69, 9.17) is 4.74 Å². The number of hydrogen-bond acceptors (Lipinski definition) is 2. The summed E-state index contributed by atoms with van der Waals surface area (Å²) >= 11 is 0. The summed E-state index contributed by atoms with van der Waals surface area (Å²) in [7, 11) is 1.77. The van der Waals surface area contributed by atoms with Crippen LogP contribution in [0.5, 0.6) is 5.75 Å². The lowest BCUT2D eigenvalue weighted by molar-refractivity contribution is 0.391. The average molecular weight is 261 g/mol.